The minimum atomic E-state index is -2.78. The number of hydrogen-bond donors (Lipinski definition) is 4. The van der Waals surface area contributed by atoms with Crippen molar-refractivity contribution in [2.24, 2.45) is 18.5 Å². The van der Waals surface area contributed by atoms with Crippen LogP contribution in [-0.2, 0) is 11.8 Å². The van der Waals surface area contributed by atoms with E-state index in [1.807, 2.05) is 0 Å². The predicted molar refractivity (Wildman–Crippen MR) is 99.6 cm³/mol. The maximum atomic E-state index is 12.6. The number of nitrogens with one attached hydrogen (secondary N) is 2. The van der Waals surface area contributed by atoms with Crippen molar-refractivity contribution in [3.8, 4) is 0 Å². The summed E-state index contributed by atoms with van der Waals surface area (Å²) in [5, 5.41) is 17.6. The molecule has 0 fully saturated rings. The average molecular weight is 405 g/mol. The average Bonchev–Trinajstić information content (AvgIpc) is 3.01. The summed E-state index contributed by atoms with van der Waals surface area (Å²) in [6, 6.07) is 3.85. The van der Waals surface area contributed by atoms with Gasteiger partial charge >= 0.3 is 0 Å². The Bertz CT molecular complexity index is 1070. The highest BCUT2D eigenvalue weighted by Gasteiger charge is 2.23. The largest absolute Gasteiger partial charge is 0.368 e. The third-order valence-electron chi connectivity index (χ3n) is 3.99. The van der Waals surface area contributed by atoms with Gasteiger partial charge in [0.05, 0.1) is 11.7 Å². The Morgan fingerprint density at radius 3 is 2.66 bits per heavy atom. The summed E-state index contributed by atoms with van der Waals surface area (Å²) in [5.74, 6) is -2.26. The SMILES string of the molecule is Cn1ncc2ccc(Nc3nc(N[C@H](CC(F)F)C(N)=O)nnc3C(N)=O)cc21. The Hall–Kier alpha value is -3.90. The van der Waals surface area contributed by atoms with Crippen LogP contribution in [0.25, 0.3) is 10.9 Å². The van der Waals surface area contributed by atoms with Crippen LogP contribution in [-0.4, -0.2) is 49.2 Å². The Morgan fingerprint density at radius 2 is 2.00 bits per heavy atom. The van der Waals surface area contributed by atoms with Gasteiger partial charge in [0.25, 0.3) is 5.91 Å². The van der Waals surface area contributed by atoms with Crippen molar-refractivity contribution < 1.29 is 18.4 Å². The van der Waals surface area contributed by atoms with Crippen molar-refractivity contribution in [1.82, 2.24) is 25.0 Å². The van der Waals surface area contributed by atoms with Crippen LogP contribution < -0.4 is 22.1 Å². The van der Waals surface area contributed by atoms with Crippen LogP contribution in [0.2, 0.25) is 0 Å². The van der Waals surface area contributed by atoms with Crippen LogP contribution in [0.15, 0.2) is 24.4 Å². The van der Waals surface area contributed by atoms with Crippen molar-refractivity contribution in [2.45, 2.75) is 18.9 Å². The lowest BCUT2D eigenvalue weighted by molar-refractivity contribution is -0.119. The third kappa shape index (κ3) is 4.51. The van der Waals surface area contributed by atoms with Crippen molar-refractivity contribution in [3.05, 3.63) is 30.1 Å². The molecule has 0 unspecified atom stereocenters. The van der Waals surface area contributed by atoms with E-state index >= 15 is 0 Å². The Balaban J connectivity index is 1.92. The maximum absolute atomic E-state index is 12.6. The molecule has 0 aliphatic heterocycles. The zero-order chi connectivity index (χ0) is 21.1. The number of amides is 2. The molecule has 0 aliphatic rings. The summed E-state index contributed by atoms with van der Waals surface area (Å²) in [5.41, 5.74) is 11.5. The van der Waals surface area contributed by atoms with E-state index in [4.69, 9.17) is 11.5 Å². The molecule has 152 valence electrons. The second-order valence-corrected chi connectivity index (χ2v) is 6.09. The topological polar surface area (TPSA) is 167 Å². The van der Waals surface area contributed by atoms with E-state index in [2.05, 4.69) is 30.9 Å². The summed E-state index contributed by atoms with van der Waals surface area (Å²) >= 11 is 0. The van der Waals surface area contributed by atoms with E-state index in [9.17, 15) is 18.4 Å². The molecule has 3 aromatic rings. The van der Waals surface area contributed by atoms with Crippen LogP contribution in [0.1, 0.15) is 16.9 Å². The smallest absolute Gasteiger partial charge is 0.273 e. The van der Waals surface area contributed by atoms with Gasteiger partial charge in [-0.05, 0) is 18.2 Å². The Morgan fingerprint density at radius 1 is 1.24 bits per heavy atom. The van der Waals surface area contributed by atoms with Gasteiger partial charge in [-0.15, -0.1) is 10.2 Å². The number of fused-ring (bicyclic) bond motifs is 1. The van der Waals surface area contributed by atoms with Gasteiger partial charge in [0.1, 0.15) is 6.04 Å². The van der Waals surface area contributed by atoms with E-state index in [1.165, 1.54) is 0 Å². The number of anilines is 3. The lowest BCUT2D eigenvalue weighted by Crippen LogP contribution is -2.37. The van der Waals surface area contributed by atoms with E-state index < -0.39 is 30.7 Å². The van der Waals surface area contributed by atoms with Crippen molar-refractivity contribution in [2.75, 3.05) is 10.6 Å². The molecule has 1 atom stereocenters. The highest BCUT2D eigenvalue weighted by atomic mass is 19.3. The molecule has 29 heavy (non-hydrogen) atoms. The van der Waals surface area contributed by atoms with E-state index in [0.29, 0.717) is 5.69 Å². The third-order valence-corrected chi connectivity index (χ3v) is 3.99. The first-order valence-electron chi connectivity index (χ1n) is 8.32. The zero-order valence-corrected chi connectivity index (χ0v) is 15.1. The summed E-state index contributed by atoms with van der Waals surface area (Å²) < 4.78 is 26.9. The number of aryl methyl sites for hydroxylation is 1. The lowest BCUT2D eigenvalue weighted by Gasteiger charge is -2.15. The van der Waals surface area contributed by atoms with E-state index in [1.54, 1.807) is 36.1 Å². The number of aromatic nitrogens is 5. The number of primary amides is 2. The van der Waals surface area contributed by atoms with Crippen LogP contribution in [0.3, 0.4) is 0 Å². The number of rotatable bonds is 8. The van der Waals surface area contributed by atoms with Gasteiger partial charge in [0.2, 0.25) is 18.3 Å². The van der Waals surface area contributed by atoms with Crippen molar-refractivity contribution in [1.29, 1.82) is 0 Å². The van der Waals surface area contributed by atoms with Crippen molar-refractivity contribution in [3.63, 3.8) is 0 Å². The van der Waals surface area contributed by atoms with Gasteiger partial charge in [-0.3, -0.25) is 14.3 Å². The molecule has 0 saturated carbocycles. The van der Waals surface area contributed by atoms with Crippen LogP contribution >= 0.6 is 0 Å². The summed E-state index contributed by atoms with van der Waals surface area (Å²) in [6.45, 7) is 0. The molecule has 3 rings (SSSR count). The van der Waals surface area contributed by atoms with E-state index in [0.717, 1.165) is 10.9 Å². The quantitative estimate of drug-likeness (QED) is 0.421. The molecular weight excluding hydrogens is 388 g/mol. The van der Waals surface area contributed by atoms with Crippen LogP contribution in [0, 0.1) is 0 Å². The first-order valence-corrected chi connectivity index (χ1v) is 8.32. The molecule has 11 nitrogen and oxygen atoms in total. The number of carbonyl (C=O) groups excluding carboxylic acids is 2. The monoisotopic (exact) mass is 405 g/mol. The first-order chi connectivity index (χ1) is 13.7. The maximum Gasteiger partial charge on any atom is 0.273 e. The fraction of sp³-hybridized carbons (Fsp3) is 0.250. The molecule has 0 saturated heterocycles. The molecule has 13 heteroatoms. The number of halogens is 2. The number of nitrogens with two attached hydrogens (primary N) is 2. The fourth-order valence-electron chi connectivity index (χ4n) is 2.58. The second-order valence-electron chi connectivity index (χ2n) is 6.09. The standard InChI is InChI=1S/C16H17F2N9O2/c1-27-10-4-8(3-2-7(10)6-21-27)22-15-12(14(20)29)25-26-16(24-15)23-9(13(19)28)5-11(17)18/h2-4,6,9,11H,5H2,1H3,(H2,19,28)(H2,20,29)(H2,22,23,24,26)/t9-/m1/s1. The highest BCUT2D eigenvalue weighted by molar-refractivity contribution is 5.96. The number of alkyl halides is 2. The van der Waals surface area contributed by atoms with E-state index in [-0.39, 0.29) is 17.5 Å². The molecule has 6 N–H and O–H groups in total. The molecule has 1 aromatic carbocycles. The molecule has 0 aliphatic carbocycles. The molecule has 2 heterocycles. The predicted octanol–water partition coefficient (Wildman–Crippen LogP) is 0.522. The molecule has 0 spiro atoms. The lowest BCUT2D eigenvalue weighted by atomic mass is 10.2. The minimum absolute atomic E-state index is 0.0724. The highest BCUT2D eigenvalue weighted by Crippen LogP contribution is 2.23. The van der Waals surface area contributed by atoms with Crippen LogP contribution in [0.4, 0.5) is 26.2 Å². The normalized spacial score (nSPS) is 12.1. The molecule has 2 aromatic heterocycles. The second kappa shape index (κ2) is 8.00. The Labute approximate surface area is 162 Å². The summed E-state index contributed by atoms with van der Waals surface area (Å²) in [4.78, 5) is 27.1. The molecule has 0 radical (unpaired) electrons. The van der Waals surface area contributed by atoms with Gasteiger partial charge in [-0.25, -0.2) is 8.78 Å². The molecule has 2 amide bonds. The number of nitrogens with zero attached hydrogens (tertiary/aromatic N) is 5. The summed E-state index contributed by atoms with van der Waals surface area (Å²) in [7, 11) is 1.77. The number of benzene rings is 1. The molecule has 0 bridgehead atoms. The minimum Gasteiger partial charge on any atom is -0.368 e. The fourth-order valence-corrected chi connectivity index (χ4v) is 2.58. The van der Waals surface area contributed by atoms with Gasteiger partial charge in [-0.1, -0.05) is 0 Å². The summed E-state index contributed by atoms with van der Waals surface area (Å²) in [6.07, 6.45) is -1.92. The van der Waals surface area contributed by atoms with Gasteiger partial charge in [0, 0.05) is 24.5 Å². The van der Waals surface area contributed by atoms with Gasteiger partial charge in [-0.2, -0.15) is 10.1 Å². The zero-order valence-electron chi connectivity index (χ0n) is 15.1. The first kappa shape index (κ1) is 19.9. The number of carbonyl (C=O) groups is 2. The van der Waals surface area contributed by atoms with Gasteiger partial charge < -0.3 is 22.1 Å². The van der Waals surface area contributed by atoms with Crippen molar-refractivity contribution >= 4 is 40.2 Å². The van der Waals surface area contributed by atoms with Crippen LogP contribution in [0.5, 0.6) is 0 Å². The number of hydrogen-bond acceptors (Lipinski definition) is 8. The van der Waals surface area contributed by atoms with Gasteiger partial charge in [0.15, 0.2) is 11.5 Å². The Kier molecular flexibility index (Phi) is 5.47. The molecular formula is C16H17F2N9O2.